The third-order valence-electron chi connectivity index (χ3n) is 6.94. The van der Waals surface area contributed by atoms with Crippen molar-refractivity contribution in [2.24, 2.45) is 0 Å². The van der Waals surface area contributed by atoms with Crippen LogP contribution in [0.3, 0.4) is 0 Å². The molecule has 1 N–H and O–H groups in total. The number of piperazine rings is 1. The van der Waals surface area contributed by atoms with Gasteiger partial charge in [-0.1, -0.05) is 18.2 Å². The summed E-state index contributed by atoms with van der Waals surface area (Å²) in [4.78, 5) is 23.0. The van der Waals surface area contributed by atoms with Gasteiger partial charge in [-0.2, -0.15) is 0 Å². The maximum absolute atomic E-state index is 14.0. The zero-order valence-electron chi connectivity index (χ0n) is 19.6. The number of fused-ring (bicyclic) bond motifs is 4. The monoisotopic (exact) mass is 459 g/mol. The molecular formula is C26H29N5O3. The molecular weight excluding hydrogens is 430 g/mol. The summed E-state index contributed by atoms with van der Waals surface area (Å²) in [6.45, 7) is 6.42. The van der Waals surface area contributed by atoms with Gasteiger partial charge in [-0.05, 0) is 43.8 Å². The molecule has 1 fully saturated rings. The van der Waals surface area contributed by atoms with E-state index < -0.39 is 0 Å². The minimum Gasteiger partial charge on any atom is -0.490 e. The van der Waals surface area contributed by atoms with E-state index in [0.717, 1.165) is 77.9 Å². The van der Waals surface area contributed by atoms with E-state index in [1.54, 1.807) is 0 Å². The number of rotatable bonds is 2. The lowest BCUT2D eigenvalue weighted by Crippen LogP contribution is -2.49. The van der Waals surface area contributed by atoms with Gasteiger partial charge in [-0.3, -0.25) is 9.36 Å². The summed E-state index contributed by atoms with van der Waals surface area (Å²) in [5, 5.41) is 3.42. The van der Waals surface area contributed by atoms with Crippen molar-refractivity contribution in [2.75, 3.05) is 51.8 Å². The van der Waals surface area contributed by atoms with Crippen LogP contribution < -0.4 is 14.8 Å². The van der Waals surface area contributed by atoms with Crippen LogP contribution in [0.15, 0.2) is 53.7 Å². The molecule has 3 aromatic rings. The molecule has 2 aromatic carbocycles. The van der Waals surface area contributed by atoms with Gasteiger partial charge in [0, 0.05) is 38.3 Å². The number of carbonyl (C=O) groups is 1. The van der Waals surface area contributed by atoms with Crippen LogP contribution in [0.4, 0.5) is 5.95 Å². The van der Waals surface area contributed by atoms with Gasteiger partial charge in [0.15, 0.2) is 11.5 Å². The van der Waals surface area contributed by atoms with Crippen molar-refractivity contribution in [2.45, 2.75) is 19.4 Å². The van der Waals surface area contributed by atoms with Crippen LogP contribution in [-0.2, 0) is 4.79 Å². The molecule has 1 aromatic heterocycles. The first-order valence-corrected chi connectivity index (χ1v) is 11.9. The number of allylic oxidation sites excluding steroid dienone is 1. The van der Waals surface area contributed by atoms with Crippen molar-refractivity contribution in [3.8, 4) is 11.5 Å². The highest BCUT2D eigenvalue weighted by Gasteiger charge is 2.37. The second-order valence-electron chi connectivity index (χ2n) is 9.21. The highest BCUT2D eigenvalue weighted by atomic mass is 16.5. The van der Waals surface area contributed by atoms with Gasteiger partial charge in [0.05, 0.1) is 35.9 Å². The first-order valence-electron chi connectivity index (χ1n) is 11.9. The number of hydrogen-bond acceptors (Lipinski definition) is 6. The molecule has 0 bridgehead atoms. The van der Waals surface area contributed by atoms with Crippen molar-refractivity contribution in [3.63, 3.8) is 0 Å². The predicted octanol–water partition coefficient (Wildman–Crippen LogP) is 3.26. The SMILES string of the molecule is CC1=C(C(=O)N2CCN(C)CC2)C(c2ccc3c(c2)OCCCO3)n2c(nc3ccccc32)N1. The number of amides is 1. The normalized spacial score (nSPS) is 20.6. The smallest absolute Gasteiger partial charge is 0.254 e. The number of likely N-dealkylation sites (N-methyl/N-ethyl adjacent to an activating group) is 1. The summed E-state index contributed by atoms with van der Waals surface area (Å²) in [6, 6.07) is 13.8. The van der Waals surface area contributed by atoms with E-state index in [9.17, 15) is 4.79 Å². The Labute approximate surface area is 198 Å². The molecule has 0 saturated carbocycles. The molecule has 3 aliphatic heterocycles. The number of hydrogen-bond donors (Lipinski definition) is 1. The largest absolute Gasteiger partial charge is 0.490 e. The summed E-state index contributed by atoms with van der Waals surface area (Å²) in [6.07, 6.45) is 0.847. The van der Waals surface area contributed by atoms with Crippen LogP contribution in [0.2, 0.25) is 0 Å². The van der Waals surface area contributed by atoms with Gasteiger partial charge in [0.25, 0.3) is 5.91 Å². The number of para-hydroxylation sites is 2. The Hall–Kier alpha value is -3.52. The summed E-state index contributed by atoms with van der Waals surface area (Å²) >= 11 is 0. The molecule has 1 atom stereocenters. The van der Waals surface area contributed by atoms with E-state index in [4.69, 9.17) is 14.5 Å². The highest BCUT2D eigenvalue weighted by molar-refractivity contribution is 5.98. The maximum Gasteiger partial charge on any atom is 0.254 e. The first kappa shape index (κ1) is 21.0. The summed E-state index contributed by atoms with van der Waals surface area (Å²) in [7, 11) is 2.10. The van der Waals surface area contributed by atoms with Crippen molar-refractivity contribution in [3.05, 3.63) is 59.3 Å². The average molecular weight is 460 g/mol. The van der Waals surface area contributed by atoms with Gasteiger partial charge in [-0.15, -0.1) is 0 Å². The van der Waals surface area contributed by atoms with Gasteiger partial charge in [0.1, 0.15) is 0 Å². The van der Waals surface area contributed by atoms with Crippen LogP contribution in [0.25, 0.3) is 11.0 Å². The van der Waals surface area contributed by atoms with Crippen molar-refractivity contribution in [1.82, 2.24) is 19.4 Å². The lowest BCUT2D eigenvalue weighted by molar-refractivity contribution is -0.129. The maximum atomic E-state index is 14.0. The van der Waals surface area contributed by atoms with E-state index in [0.29, 0.717) is 13.2 Å². The fourth-order valence-electron chi connectivity index (χ4n) is 5.09. The van der Waals surface area contributed by atoms with Crippen molar-refractivity contribution >= 4 is 22.9 Å². The molecule has 176 valence electrons. The standard InChI is InChI=1S/C26H29N5O3/c1-17-23(25(32)30-12-10-29(2)11-13-30)24(18-8-9-21-22(16-18)34-15-5-14-33-21)31-20-7-4-3-6-19(20)28-26(31)27-17/h3-4,6-9,16,24H,5,10-15H2,1-2H3,(H,27,28). The Balaban J connectivity index is 1.50. The number of benzene rings is 2. The number of aromatic nitrogens is 2. The van der Waals surface area contributed by atoms with Gasteiger partial charge >= 0.3 is 0 Å². The molecule has 0 aliphatic carbocycles. The molecule has 1 saturated heterocycles. The lowest BCUT2D eigenvalue weighted by Gasteiger charge is -2.37. The Morgan fingerprint density at radius 3 is 2.62 bits per heavy atom. The summed E-state index contributed by atoms with van der Waals surface area (Å²) < 4.78 is 14.0. The first-order chi connectivity index (χ1) is 16.6. The van der Waals surface area contributed by atoms with E-state index in [-0.39, 0.29) is 11.9 Å². The second-order valence-corrected chi connectivity index (χ2v) is 9.21. The molecule has 0 radical (unpaired) electrons. The number of ether oxygens (including phenoxy) is 2. The van der Waals surface area contributed by atoms with Crippen molar-refractivity contribution in [1.29, 1.82) is 0 Å². The molecule has 6 rings (SSSR count). The zero-order valence-corrected chi connectivity index (χ0v) is 19.6. The van der Waals surface area contributed by atoms with E-state index >= 15 is 0 Å². The number of nitrogens with one attached hydrogen (secondary N) is 1. The minimum atomic E-state index is -0.326. The van der Waals surface area contributed by atoms with Gasteiger partial charge < -0.3 is 24.6 Å². The fraction of sp³-hybridized carbons (Fsp3) is 0.385. The molecule has 8 heteroatoms. The lowest BCUT2D eigenvalue weighted by atomic mass is 9.93. The van der Waals surface area contributed by atoms with E-state index in [2.05, 4.69) is 27.9 Å². The van der Waals surface area contributed by atoms with Crippen LogP contribution in [-0.4, -0.2) is 71.7 Å². The van der Waals surface area contributed by atoms with E-state index in [1.807, 2.05) is 48.2 Å². The fourth-order valence-corrected chi connectivity index (χ4v) is 5.09. The van der Waals surface area contributed by atoms with Gasteiger partial charge in [-0.25, -0.2) is 4.98 Å². The highest BCUT2D eigenvalue weighted by Crippen LogP contribution is 2.42. The number of carbonyl (C=O) groups excluding carboxylic acids is 1. The Morgan fingerprint density at radius 2 is 1.79 bits per heavy atom. The topological polar surface area (TPSA) is 71.9 Å². The Morgan fingerprint density at radius 1 is 1.03 bits per heavy atom. The molecule has 4 heterocycles. The quantitative estimate of drug-likeness (QED) is 0.634. The number of imidazole rings is 1. The summed E-state index contributed by atoms with van der Waals surface area (Å²) in [5.74, 6) is 2.28. The molecule has 1 unspecified atom stereocenters. The Kier molecular flexibility index (Phi) is 5.17. The second kappa shape index (κ2) is 8.36. The average Bonchev–Trinajstić information content (AvgIpc) is 3.04. The molecule has 1 amide bonds. The summed E-state index contributed by atoms with van der Waals surface area (Å²) in [5.41, 5.74) is 4.44. The molecule has 0 spiro atoms. The predicted molar refractivity (Wildman–Crippen MR) is 130 cm³/mol. The van der Waals surface area contributed by atoms with Crippen LogP contribution >= 0.6 is 0 Å². The third kappa shape index (κ3) is 3.49. The molecule has 8 nitrogen and oxygen atoms in total. The minimum absolute atomic E-state index is 0.0682. The molecule has 3 aliphatic rings. The van der Waals surface area contributed by atoms with Gasteiger partial charge in [0.2, 0.25) is 5.95 Å². The third-order valence-corrected chi connectivity index (χ3v) is 6.94. The van der Waals surface area contributed by atoms with E-state index in [1.165, 1.54) is 0 Å². The van der Waals surface area contributed by atoms with Crippen molar-refractivity contribution < 1.29 is 14.3 Å². The molecule has 34 heavy (non-hydrogen) atoms. The zero-order chi connectivity index (χ0) is 23.2. The van der Waals surface area contributed by atoms with Crippen LogP contribution in [0.5, 0.6) is 11.5 Å². The van der Waals surface area contributed by atoms with Crippen LogP contribution in [0, 0.1) is 0 Å². The Bertz CT molecular complexity index is 1290. The van der Waals surface area contributed by atoms with Crippen LogP contribution in [0.1, 0.15) is 24.9 Å². The number of nitrogens with zero attached hydrogens (tertiary/aromatic N) is 4. The number of anilines is 1.